The number of aromatic nitrogens is 2. The largest absolute Gasteiger partial charge is 0.465 e. The number of hydrogen-bond acceptors (Lipinski definition) is 4. The van der Waals surface area contributed by atoms with Crippen LogP contribution in [0.25, 0.3) is 16.7 Å². The van der Waals surface area contributed by atoms with E-state index in [0.717, 1.165) is 22.5 Å². The molecule has 1 aromatic heterocycles. The quantitative estimate of drug-likeness (QED) is 0.465. The molecule has 0 fully saturated rings. The summed E-state index contributed by atoms with van der Waals surface area (Å²) in [5, 5.41) is 2.91. The molecule has 6 nitrogen and oxygen atoms in total. The fraction of sp³-hybridized carbons (Fsp3) is 0.160. The molecule has 0 aliphatic carbocycles. The summed E-state index contributed by atoms with van der Waals surface area (Å²) >= 11 is 0. The Balaban J connectivity index is 1.55. The molecule has 0 spiro atoms. The number of rotatable bonds is 6. The van der Waals surface area contributed by atoms with E-state index in [-0.39, 0.29) is 12.3 Å². The molecule has 0 bridgehead atoms. The van der Waals surface area contributed by atoms with E-state index in [0.29, 0.717) is 23.2 Å². The number of amides is 1. The zero-order chi connectivity index (χ0) is 21.8. The van der Waals surface area contributed by atoms with Crippen molar-refractivity contribution in [1.82, 2.24) is 9.55 Å². The second-order valence-corrected chi connectivity index (χ2v) is 7.21. The van der Waals surface area contributed by atoms with Gasteiger partial charge in [-0.25, -0.2) is 9.78 Å². The topological polar surface area (TPSA) is 73.2 Å². The molecule has 31 heavy (non-hydrogen) atoms. The Kier molecular flexibility index (Phi) is 5.80. The molecule has 1 amide bonds. The average molecular weight is 413 g/mol. The smallest absolute Gasteiger partial charge is 0.338 e. The van der Waals surface area contributed by atoms with Crippen molar-refractivity contribution in [3.8, 4) is 5.69 Å². The van der Waals surface area contributed by atoms with E-state index >= 15 is 0 Å². The lowest BCUT2D eigenvalue weighted by atomic mass is 10.1. The average Bonchev–Trinajstić information content (AvgIpc) is 3.17. The van der Waals surface area contributed by atoms with Gasteiger partial charge in [0.15, 0.2) is 0 Å². The molecule has 1 N–H and O–H groups in total. The second kappa shape index (κ2) is 8.83. The molecule has 0 saturated heterocycles. The van der Waals surface area contributed by atoms with E-state index in [4.69, 9.17) is 9.72 Å². The zero-order valence-corrected chi connectivity index (χ0v) is 17.5. The summed E-state index contributed by atoms with van der Waals surface area (Å²) in [5.41, 5.74) is 4.62. The number of esters is 1. The number of imidazole rings is 1. The Morgan fingerprint density at radius 2 is 1.71 bits per heavy atom. The Morgan fingerprint density at radius 3 is 2.48 bits per heavy atom. The molecule has 1 heterocycles. The number of fused-ring (bicyclic) bond motifs is 1. The maximum absolute atomic E-state index is 12.7. The van der Waals surface area contributed by atoms with Crippen molar-refractivity contribution >= 4 is 28.6 Å². The molecular weight excluding hydrogens is 390 g/mol. The third kappa shape index (κ3) is 4.19. The van der Waals surface area contributed by atoms with Gasteiger partial charge in [-0.05, 0) is 48.9 Å². The van der Waals surface area contributed by atoms with Crippen LogP contribution in [-0.4, -0.2) is 28.5 Å². The van der Waals surface area contributed by atoms with E-state index in [2.05, 4.69) is 9.88 Å². The van der Waals surface area contributed by atoms with Gasteiger partial charge in [0.25, 0.3) is 0 Å². The fourth-order valence-corrected chi connectivity index (χ4v) is 3.65. The van der Waals surface area contributed by atoms with Crippen molar-refractivity contribution < 1.29 is 14.3 Å². The normalized spacial score (nSPS) is 10.8. The van der Waals surface area contributed by atoms with Crippen molar-refractivity contribution in [2.24, 2.45) is 0 Å². The molecule has 0 radical (unpaired) electrons. The Labute approximate surface area is 180 Å². The van der Waals surface area contributed by atoms with Gasteiger partial charge < -0.3 is 10.1 Å². The van der Waals surface area contributed by atoms with Gasteiger partial charge in [0.1, 0.15) is 5.82 Å². The van der Waals surface area contributed by atoms with Crippen LogP contribution < -0.4 is 5.32 Å². The van der Waals surface area contributed by atoms with Crippen LogP contribution in [0.15, 0.2) is 72.8 Å². The van der Waals surface area contributed by atoms with Crippen molar-refractivity contribution in [2.45, 2.75) is 19.8 Å². The van der Waals surface area contributed by atoms with Crippen LogP contribution in [0, 0.1) is 6.92 Å². The number of methoxy groups -OCH3 is 1. The molecule has 0 aliphatic heterocycles. The second-order valence-electron chi connectivity index (χ2n) is 7.21. The van der Waals surface area contributed by atoms with Crippen LogP contribution in [0.5, 0.6) is 0 Å². The van der Waals surface area contributed by atoms with Crippen LogP contribution in [0.1, 0.15) is 28.2 Å². The summed E-state index contributed by atoms with van der Waals surface area (Å²) in [6, 6.07) is 23.1. The fourth-order valence-electron chi connectivity index (χ4n) is 3.65. The number of hydrogen-bond donors (Lipinski definition) is 1. The highest BCUT2D eigenvalue weighted by molar-refractivity contribution is 5.96. The van der Waals surface area contributed by atoms with E-state index in [1.54, 1.807) is 25.1 Å². The summed E-state index contributed by atoms with van der Waals surface area (Å²) in [7, 11) is 1.34. The summed E-state index contributed by atoms with van der Waals surface area (Å²) in [6.45, 7) is 1.79. The molecule has 0 atom stereocenters. The first-order chi connectivity index (χ1) is 15.1. The van der Waals surface area contributed by atoms with Gasteiger partial charge in [-0.3, -0.25) is 9.36 Å². The van der Waals surface area contributed by atoms with Crippen LogP contribution in [-0.2, 0) is 16.0 Å². The molecule has 156 valence electrons. The van der Waals surface area contributed by atoms with E-state index in [1.807, 2.05) is 54.6 Å². The molecule has 0 aliphatic rings. The first-order valence-electron chi connectivity index (χ1n) is 10.1. The number of para-hydroxylation sites is 3. The summed E-state index contributed by atoms with van der Waals surface area (Å²) in [4.78, 5) is 29.3. The lowest BCUT2D eigenvalue weighted by Gasteiger charge is -2.12. The summed E-state index contributed by atoms with van der Waals surface area (Å²) in [6.07, 6.45) is 0.739. The first kappa shape index (κ1) is 20.3. The van der Waals surface area contributed by atoms with Gasteiger partial charge in [0, 0.05) is 24.2 Å². The van der Waals surface area contributed by atoms with Crippen LogP contribution in [0.4, 0.5) is 5.69 Å². The first-order valence-corrected chi connectivity index (χ1v) is 10.1. The molecule has 3 aromatic carbocycles. The predicted octanol–water partition coefficient (Wildman–Crippen LogP) is 4.69. The zero-order valence-electron chi connectivity index (χ0n) is 17.5. The van der Waals surface area contributed by atoms with Gasteiger partial charge in [0.05, 0.1) is 23.7 Å². The molecule has 0 unspecified atom stereocenters. The number of aryl methyl sites for hydroxylation is 1. The number of benzene rings is 3. The highest BCUT2D eigenvalue weighted by Crippen LogP contribution is 2.23. The molecule has 4 rings (SSSR count). The van der Waals surface area contributed by atoms with Crippen molar-refractivity contribution in [2.75, 3.05) is 12.4 Å². The van der Waals surface area contributed by atoms with E-state index < -0.39 is 5.97 Å². The van der Waals surface area contributed by atoms with Crippen molar-refractivity contribution in [1.29, 1.82) is 0 Å². The van der Waals surface area contributed by atoms with Gasteiger partial charge in [-0.2, -0.15) is 0 Å². The Hall–Kier alpha value is -3.93. The van der Waals surface area contributed by atoms with E-state index in [1.165, 1.54) is 7.11 Å². The SMILES string of the molecule is COC(=O)c1cccc(NC(=O)CCc2nc3ccccc3n2-c2ccccc2)c1C. The minimum atomic E-state index is -0.426. The van der Waals surface area contributed by atoms with Crippen LogP contribution >= 0.6 is 0 Å². The van der Waals surface area contributed by atoms with Gasteiger partial charge in [-0.15, -0.1) is 0 Å². The summed E-state index contributed by atoms with van der Waals surface area (Å²) < 4.78 is 6.89. The molecule has 0 saturated carbocycles. The Bertz CT molecular complexity index is 1250. The van der Waals surface area contributed by atoms with Crippen LogP contribution in [0.2, 0.25) is 0 Å². The highest BCUT2D eigenvalue weighted by Gasteiger charge is 2.16. The maximum Gasteiger partial charge on any atom is 0.338 e. The van der Waals surface area contributed by atoms with E-state index in [9.17, 15) is 9.59 Å². The molecular formula is C25H23N3O3. The van der Waals surface area contributed by atoms with Gasteiger partial charge in [0.2, 0.25) is 5.91 Å². The predicted molar refractivity (Wildman–Crippen MR) is 121 cm³/mol. The third-order valence-corrected chi connectivity index (χ3v) is 5.23. The minimum Gasteiger partial charge on any atom is -0.465 e. The van der Waals surface area contributed by atoms with Crippen molar-refractivity contribution in [3.63, 3.8) is 0 Å². The third-order valence-electron chi connectivity index (χ3n) is 5.23. The number of ether oxygens (including phenoxy) is 1. The minimum absolute atomic E-state index is 0.142. The van der Waals surface area contributed by atoms with Crippen molar-refractivity contribution in [3.05, 3.63) is 89.7 Å². The molecule has 4 aromatic rings. The number of carbonyl (C=O) groups is 2. The molecule has 6 heteroatoms. The van der Waals surface area contributed by atoms with Gasteiger partial charge in [-0.1, -0.05) is 36.4 Å². The van der Waals surface area contributed by atoms with Gasteiger partial charge >= 0.3 is 5.97 Å². The lowest BCUT2D eigenvalue weighted by Crippen LogP contribution is -2.15. The number of nitrogens with zero attached hydrogens (tertiary/aromatic N) is 2. The number of nitrogens with one attached hydrogen (secondary N) is 1. The number of anilines is 1. The standard InChI is InChI=1S/C25H23N3O3/c1-17-19(25(30)31-2)11-8-13-20(17)27-24(29)16-15-23-26-21-12-6-7-14-22(21)28(23)18-9-4-3-5-10-18/h3-14H,15-16H2,1-2H3,(H,27,29). The number of carbonyl (C=O) groups excluding carboxylic acids is 2. The maximum atomic E-state index is 12.7. The highest BCUT2D eigenvalue weighted by atomic mass is 16.5. The lowest BCUT2D eigenvalue weighted by molar-refractivity contribution is -0.116. The Morgan fingerprint density at radius 1 is 0.968 bits per heavy atom. The van der Waals surface area contributed by atoms with Crippen LogP contribution in [0.3, 0.4) is 0 Å². The summed E-state index contributed by atoms with van der Waals surface area (Å²) in [5.74, 6) is 0.254. The monoisotopic (exact) mass is 413 g/mol.